The van der Waals surface area contributed by atoms with Crippen LogP contribution in [0.25, 0.3) is 0 Å². The molecule has 10 heteroatoms. The molecule has 0 radical (unpaired) electrons. The number of ether oxygens (including phenoxy) is 2. The number of benzene rings is 1. The highest BCUT2D eigenvalue weighted by Crippen LogP contribution is 2.28. The van der Waals surface area contributed by atoms with Gasteiger partial charge in [0, 0.05) is 30.7 Å². The van der Waals surface area contributed by atoms with Gasteiger partial charge in [0.1, 0.15) is 11.9 Å². The first-order valence-electron chi connectivity index (χ1n) is 11.5. The molecule has 4 rings (SSSR count). The van der Waals surface area contributed by atoms with Crippen LogP contribution in [-0.2, 0) is 24.2 Å². The van der Waals surface area contributed by atoms with Crippen molar-refractivity contribution in [2.45, 2.75) is 38.8 Å². The molecule has 0 fully saturated rings. The Morgan fingerprint density at radius 3 is 2.74 bits per heavy atom. The number of anilines is 2. The summed E-state index contributed by atoms with van der Waals surface area (Å²) in [5.74, 6) is 1.78. The van der Waals surface area contributed by atoms with Crippen molar-refractivity contribution >= 4 is 17.5 Å². The Hall–Kier alpha value is -4.08. The lowest BCUT2D eigenvalue weighted by atomic mass is 10.1. The lowest BCUT2D eigenvalue weighted by Gasteiger charge is -2.16. The van der Waals surface area contributed by atoms with Gasteiger partial charge in [-0.3, -0.25) is 14.2 Å². The van der Waals surface area contributed by atoms with Crippen molar-refractivity contribution in [1.29, 1.82) is 0 Å². The number of nitrogen functional groups attached to an aromatic ring is 1. The van der Waals surface area contributed by atoms with Gasteiger partial charge in [0.25, 0.3) is 5.56 Å². The molecule has 184 valence electrons. The molecule has 1 aromatic carbocycles. The van der Waals surface area contributed by atoms with Crippen molar-refractivity contribution in [2.24, 2.45) is 0 Å². The van der Waals surface area contributed by atoms with E-state index < -0.39 is 6.04 Å². The minimum Gasteiger partial charge on any atom is -0.493 e. The Morgan fingerprint density at radius 2 is 2.00 bits per heavy atom. The van der Waals surface area contributed by atoms with Crippen LogP contribution < -0.4 is 31.4 Å². The summed E-state index contributed by atoms with van der Waals surface area (Å²) in [6, 6.07) is 8.68. The molecule has 0 spiro atoms. The number of hydrogen-bond donors (Lipinski definition) is 3. The average Bonchev–Trinajstić information content (AvgIpc) is 3.29. The minimum atomic E-state index is -0.575. The summed E-state index contributed by atoms with van der Waals surface area (Å²) in [6.07, 6.45) is 3.50. The maximum atomic E-state index is 13.2. The molecule has 0 saturated carbocycles. The zero-order chi connectivity index (χ0) is 24.9. The molecule has 0 bridgehead atoms. The summed E-state index contributed by atoms with van der Waals surface area (Å²) in [5.41, 5.74) is 8.83. The van der Waals surface area contributed by atoms with Crippen molar-refractivity contribution in [3.63, 3.8) is 0 Å². The fourth-order valence-electron chi connectivity index (χ4n) is 4.27. The van der Waals surface area contributed by atoms with Gasteiger partial charge in [-0.15, -0.1) is 0 Å². The molecule has 0 unspecified atom stereocenters. The van der Waals surface area contributed by atoms with E-state index in [9.17, 15) is 9.59 Å². The van der Waals surface area contributed by atoms with Gasteiger partial charge in [-0.05, 0) is 55.5 Å². The highest BCUT2D eigenvalue weighted by Gasteiger charge is 2.30. The van der Waals surface area contributed by atoms with E-state index in [0.29, 0.717) is 49.7 Å². The van der Waals surface area contributed by atoms with Crippen molar-refractivity contribution in [1.82, 2.24) is 19.9 Å². The number of carbonyl (C=O) groups is 1. The minimum absolute atomic E-state index is 0.204. The highest BCUT2D eigenvalue weighted by atomic mass is 16.5. The second-order valence-electron chi connectivity index (χ2n) is 8.39. The molecule has 10 nitrogen and oxygen atoms in total. The number of pyridine rings is 1. The van der Waals surface area contributed by atoms with Crippen molar-refractivity contribution in [3.8, 4) is 11.5 Å². The third-order valence-electron chi connectivity index (χ3n) is 6.19. The van der Waals surface area contributed by atoms with Crippen LogP contribution in [0.1, 0.15) is 35.0 Å². The van der Waals surface area contributed by atoms with E-state index in [2.05, 4.69) is 20.6 Å². The first kappa shape index (κ1) is 24.1. The number of fused-ring (bicyclic) bond motifs is 1. The van der Waals surface area contributed by atoms with Crippen LogP contribution in [-0.4, -0.2) is 41.2 Å². The second-order valence-corrected chi connectivity index (χ2v) is 8.39. The SMILES string of the molecule is COc1ccc(CCNc2ncc3n(c2=O)[C@H](C(=O)NCc2ccc(N)nc2C)CC3)cc1OC. The monoisotopic (exact) mass is 478 g/mol. The molecule has 3 heterocycles. The van der Waals surface area contributed by atoms with Crippen LogP contribution in [0.4, 0.5) is 11.6 Å². The number of rotatable bonds is 9. The number of hydrogen-bond acceptors (Lipinski definition) is 8. The smallest absolute Gasteiger partial charge is 0.294 e. The topological polar surface area (TPSA) is 133 Å². The quantitative estimate of drug-likeness (QED) is 0.425. The lowest BCUT2D eigenvalue weighted by molar-refractivity contribution is -0.124. The van der Waals surface area contributed by atoms with Crippen molar-refractivity contribution < 1.29 is 14.3 Å². The second kappa shape index (κ2) is 10.5. The third-order valence-corrected chi connectivity index (χ3v) is 6.19. The fraction of sp³-hybridized carbons (Fsp3) is 0.360. The van der Waals surface area contributed by atoms with Crippen molar-refractivity contribution in [3.05, 3.63) is 69.4 Å². The average molecular weight is 479 g/mol. The van der Waals surface area contributed by atoms with Crippen molar-refractivity contribution in [2.75, 3.05) is 31.8 Å². The van der Waals surface area contributed by atoms with Gasteiger partial charge in [0.05, 0.1) is 14.2 Å². The molecule has 1 aliphatic rings. The summed E-state index contributed by atoms with van der Waals surface area (Å²) >= 11 is 0. The van der Waals surface area contributed by atoms with E-state index in [-0.39, 0.29) is 17.3 Å². The Balaban J connectivity index is 1.42. The fourth-order valence-corrected chi connectivity index (χ4v) is 4.27. The summed E-state index contributed by atoms with van der Waals surface area (Å²) in [7, 11) is 3.19. The van der Waals surface area contributed by atoms with E-state index in [0.717, 1.165) is 22.5 Å². The van der Waals surface area contributed by atoms with Gasteiger partial charge in [0.2, 0.25) is 5.91 Å². The van der Waals surface area contributed by atoms with Gasteiger partial charge in [-0.1, -0.05) is 12.1 Å². The van der Waals surface area contributed by atoms with E-state index in [1.54, 1.807) is 31.0 Å². The zero-order valence-corrected chi connectivity index (χ0v) is 20.1. The van der Waals surface area contributed by atoms with Crippen LogP contribution >= 0.6 is 0 Å². The zero-order valence-electron chi connectivity index (χ0n) is 20.1. The van der Waals surface area contributed by atoms with E-state index >= 15 is 0 Å². The number of methoxy groups -OCH3 is 2. The molecule has 4 N–H and O–H groups in total. The lowest BCUT2D eigenvalue weighted by Crippen LogP contribution is -2.36. The molecule has 2 aromatic heterocycles. The third kappa shape index (κ3) is 5.21. The maximum Gasteiger partial charge on any atom is 0.294 e. The molecular weight excluding hydrogens is 448 g/mol. The number of nitrogens with zero attached hydrogens (tertiary/aromatic N) is 3. The van der Waals surface area contributed by atoms with Crippen LogP contribution in [0, 0.1) is 6.92 Å². The summed E-state index contributed by atoms with van der Waals surface area (Å²) < 4.78 is 12.2. The molecule has 1 aliphatic heterocycles. The van der Waals surface area contributed by atoms with E-state index in [1.165, 1.54) is 0 Å². The van der Waals surface area contributed by atoms with Crippen LogP contribution in [0.3, 0.4) is 0 Å². The standard InChI is InChI=1S/C25H30N6O4/c1-15-17(5-9-22(26)30-15)13-29-24(32)19-7-6-18-14-28-23(25(33)31(18)19)27-11-10-16-4-8-20(34-2)21(12-16)35-3/h4-5,8-9,12,14,19H,6-7,10-11,13H2,1-3H3,(H2,26,30)(H,27,28)(H,29,32)/t19-/m0/s1. The maximum absolute atomic E-state index is 13.2. The largest absolute Gasteiger partial charge is 0.493 e. The first-order chi connectivity index (χ1) is 16.9. The van der Waals surface area contributed by atoms with Gasteiger partial charge in [0.15, 0.2) is 17.3 Å². The Labute approximate surface area is 203 Å². The van der Waals surface area contributed by atoms with Crippen LogP contribution in [0.5, 0.6) is 11.5 Å². The molecule has 1 amide bonds. The first-order valence-corrected chi connectivity index (χ1v) is 11.5. The number of carbonyl (C=O) groups excluding carboxylic acids is 1. The number of amides is 1. The normalized spacial score (nSPS) is 14.3. The molecule has 3 aromatic rings. The predicted molar refractivity (Wildman–Crippen MR) is 133 cm³/mol. The van der Waals surface area contributed by atoms with Gasteiger partial charge in [-0.25, -0.2) is 9.97 Å². The Bertz CT molecular complexity index is 1290. The number of aryl methyl sites for hydroxylation is 2. The predicted octanol–water partition coefficient (Wildman–Crippen LogP) is 2.00. The highest BCUT2D eigenvalue weighted by molar-refractivity contribution is 5.81. The van der Waals surface area contributed by atoms with Crippen LogP contribution in [0.15, 0.2) is 41.3 Å². The van der Waals surface area contributed by atoms with Gasteiger partial charge in [-0.2, -0.15) is 0 Å². The number of nitrogens with one attached hydrogen (secondary N) is 2. The molecule has 35 heavy (non-hydrogen) atoms. The number of aromatic nitrogens is 3. The van der Waals surface area contributed by atoms with Crippen LogP contribution in [0.2, 0.25) is 0 Å². The summed E-state index contributed by atoms with van der Waals surface area (Å²) in [5, 5.41) is 6.05. The van der Waals surface area contributed by atoms with E-state index in [4.69, 9.17) is 15.2 Å². The van der Waals surface area contributed by atoms with Gasteiger partial charge >= 0.3 is 0 Å². The van der Waals surface area contributed by atoms with E-state index in [1.807, 2.05) is 31.2 Å². The Kier molecular flexibility index (Phi) is 7.19. The summed E-state index contributed by atoms with van der Waals surface area (Å²) in [4.78, 5) is 34.7. The molecule has 1 atom stereocenters. The molecule has 0 aliphatic carbocycles. The Morgan fingerprint density at radius 1 is 1.20 bits per heavy atom. The molecule has 0 saturated heterocycles. The molecular formula is C25H30N6O4. The van der Waals surface area contributed by atoms with Gasteiger partial charge < -0.3 is 25.8 Å². The number of nitrogens with two attached hydrogens (primary N) is 1. The summed E-state index contributed by atoms with van der Waals surface area (Å²) in [6.45, 7) is 2.66.